The highest BCUT2D eigenvalue weighted by molar-refractivity contribution is 7.92. The van der Waals surface area contributed by atoms with Gasteiger partial charge in [0.1, 0.15) is 0 Å². The first-order valence-corrected chi connectivity index (χ1v) is 8.70. The molecule has 0 heterocycles. The van der Waals surface area contributed by atoms with Crippen LogP contribution in [0.5, 0.6) is 0 Å². The van der Waals surface area contributed by atoms with E-state index in [1.54, 1.807) is 20.8 Å². The summed E-state index contributed by atoms with van der Waals surface area (Å²) in [4.78, 5) is 0. The molecule has 0 aliphatic heterocycles. The second-order valence-electron chi connectivity index (χ2n) is 6.43. The van der Waals surface area contributed by atoms with Gasteiger partial charge in [-0.1, -0.05) is 20.8 Å². The molecule has 0 fully saturated rings. The fourth-order valence-corrected chi connectivity index (χ4v) is 2.97. The molecule has 0 aromatic heterocycles. The van der Waals surface area contributed by atoms with E-state index in [-0.39, 0.29) is 0 Å². The highest BCUT2D eigenvalue weighted by atomic mass is 32.2. The molecule has 4 heteroatoms. The van der Waals surface area contributed by atoms with Crippen LogP contribution in [0.1, 0.15) is 54.4 Å². The SMILES string of the molecule is CCCNCC(CCS(=O)(=O)C(C)(C)C)C(C)C. The maximum Gasteiger partial charge on any atom is 0.155 e. The molecule has 1 atom stereocenters. The van der Waals surface area contributed by atoms with Crippen LogP contribution in [0.25, 0.3) is 0 Å². The standard InChI is InChI=1S/C14H31NO2S/c1-7-9-15-11-13(12(2)3)8-10-18(16,17)14(4,5)6/h12-13,15H,7-11H2,1-6H3. The lowest BCUT2D eigenvalue weighted by Gasteiger charge is -2.24. The van der Waals surface area contributed by atoms with Gasteiger partial charge in [0, 0.05) is 0 Å². The molecule has 0 amide bonds. The van der Waals surface area contributed by atoms with Crippen LogP contribution in [0.4, 0.5) is 0 Å². The van der Waals surface area contributed by atoms with E-state index >= 15 is 0 Å². The van der Waals surface area contributed by atoms with Gasteiger partial charge in [0.25, 0.3) is 0 Å². The van der Waals surface area contributed by atoms with Crippen molar-refractivity contribution in [3.8, 4) is 0 Å². The van der Waals surface area contributed by atoms with Crippen molar-refractivity contribution in [2.24, 2.45) is 11.8 Å². The lowest BCUT2D eigenvalue weighted by atomic mass is 9.93. The number of nitrogens with one attached hydrogen (secondary N) is 1. The summed E-state index contributed by atoms with van der Waals surface area (Å²) >= 11 is 0. The van der Waals surface area contributed by atoms with E-state index in [0.717, 1.165) is 25.9 Å². The summed E-state index contributed by atoms with van der Waals surface area (Å²) in [5, 5.41) is 3.40. The van der Waals surface area contributed by atoms with Crippen molar-refractivity contribution < 1.29 is 8.42 Å². The fourth-order valence-electron chi connectivity index (χ4n) is 1.75. The number of hydrogen-bond acceptors (Lipinski definition) is 3. The van der Waals surface area contributed by atoms with Gasteiger partial charge in [0.05, 0.1) is 10.5 Å². The Morgan fingerprint density at radius 3 is 2.11 bits per heavy atom. The highest BCUT2D eigenvalue weighted by Crippen LogP contribution is 2.21. The van der Waals surface area contributed by atoms with Crippen molar-refractivity contribution in [1.82, 2.24) is 5.32 Å². The predicted octanol–water partition coefficient (Wildman–Crippen LogP) is 2.86. The van der Waals surface area contributed by atoms with E-state index in [1.807, 2.05) is 0 Å². The Kier molecular flexibility index (Phi) is 7.45. The molecule has 18 heavy (non-hydrogen) atoms. The fraction of sp³-hybridized carbons (Fsp3) is 1.00. The Labute approximate surface area is 114 Å². The Hall–Kier alpha value is -0.0900. The lowest BCUT2D eigenvalue weighted by molar-refractivity contribution is 0.352. The number of sulfone groups is 1. The lowest BCUT2D eigenvalue weighted by Crippen LogP contribution is -2.33. The second-order valence-corrected chi connectivity index (χ2v) is 9.29. The van der Waals surface area contributed by atoms with Gasteiger partial charge in [0.15, 0.2) is 9.84 Å². The van der Waals surface area contributed by atoms with E-state index in [9.17, 15) is 8.42 Å². The first-order chi connectivity index (χ1) is 8.12. The average molecular weight is 277 g/mol. The van der Waals surface area contributed by atoms with Gasteiger partial charge in [-0.25, -0.2) is 8.42 Å². The number of rotatable bonds is 8. The minimum absolute atomic E-state index is 0.299. The van der Waals surface area contributed by atoms with E-state index in [4.69, 9.17) is 0 Å². The van der Waals surface area contributed by atoms with Crippen molar-refractivity contribution in [2.45, 2.75) is 59.1 Å². The summed E-state index contributed by atoms with van der Waals surface area (Å²) in [7, 11) is -2.98. The van der Waals surface area contributed by atoms with Gasteiger partial charge in [0.2, 0.25) is 0 Å². The molecule has 110 valence electrons. The minimum Gasteiger partial charge on any atom is -0.316 e. The smallest absolute Gasteiger partial charge is 0.155 e. The molecule has 0 aromatic carbocycles. The molecule has 0 radical (unpaired) electrons. The van der Waals surface area contributed by atoms with Crippen LogP contribution in [-0.4, -0.2) is 32.0 Å². The molecule has 1 N–H and O–H groups in total. The van der Waals surface area contributed by atoms with Gasteiger partial charge >= 0.3 is 0 Å². The summed E-state index contributed by atoms with van der Waals surface area (Å²) in [6.07, 6.45) is 1.87. The Morgan fingerprint density at radius 2 is 1.72 bits per heavy atom. The quantitative estimate of drug-likeness (QED) is 0.694. The third kappa shape index (κ3) is 6.19. The molecule has 0 aliphatic carbocycles. The first-order valence-electron chi connectivity index (χ1n) is 7.04. The van der Waals surface area contributed by atoms with E-state index < -0.39 is 14.6 Å². The van der Waals surface area contributed by atoms with E-state index in [2.05, 4.69) is 26.1 Å². The van der Waals surface area contributed by atoms with Crippen molar-refractivity contribution in [1.29, 1.82) is 0 Å². The van der Waals surface area contributed by atoms with Gasteiger partial charge in [-0.15, -0.1) is 0 Å². The zero-order valence-corrected chi connectivity index (χ0v) is 13.7. The van der Waals surface area contributed by atoms with Crippen LogP contribution < -0.4 is 5.32 Å². The molecule has 1 unspecified atom stereocenters. The minimum atomic E-state index is -2.98. The average Bonchev–Trinajstić information content (AvgIpc) is 2.20. The topological polar surface area (TPSA) is 46.2 Å². The summed E-state index contributed by atoms with van der Waals surface area (Å²) < 4.78 is 23.5. The molecular weight excluding hydrogens is 246 g/mol. The summed E-state index contributed by atoms with van der Waals surface area (Å²) in [5.74, 6) is 1.26. The van der Waals surface area contributed by atoms with Crippen molar-refractivity contribution in [3.05, 3.63) is 0 Å². The Bertz CT molecular complexity index is 315. The molecule has 0 bridgehead atoms. The Balaban J connectivity index is 4.36. The maximum absolute atomic E-state index is 12.1. The number of hydrogen-bond donors (Lipinski definition) is 1. The molecule has 0 aromatic rings. The van der Waals surface area contributed by atoms with Crippen molar-refractivity contribution in [3.63, 3.8) is 0 Å². The van der Waals surface area contributed by atoms with Gasteiger partial charge in [-0.2, -0.15) is 0 Å². The van der Waals surface area contributed by atoms with E-state index in [1.165, 1.54) is 0 Å². The highest BCUT2D eigenvalue weighted by Gasteiger charge is 2.29. The monoisotopic (exact) mass is 277 g/mol. The van der Waals surface area contributed by atoms with Crippen molar-refractivity contribution in [2.75, 3.05) is 18.8 Å². The summed E-state index contributed by atoms with van der Waals surface area (Å²) in [5.41, 5.74) is 0. The van der Waals surface area contributed by atoms with Crippen LogP contribution in [0.15, 0.2) is 0 Å². The van der Waals surface area contributed by atoms with Gasteiger partial charge in [-0.3, -0.25) is 0 Å². The largest absolute Gasteiger partial charge is 0.316 e. The molecule has 0 spiro atoms. The molecule has 0 aliphatic rings. The third-order valence-electron chi connectivity index (χ3n) is 3.47. The molecule has 0 saturated heterocycles. The molecular formula is C14H31NO2S. The van der Waals surface area contributed by atoms with Crippen LogP contribution in [0.2, 0.25) is 0 Å². The normalized spacial score (nSPS) is 15.1. The van der Waals surface area contributed by atoms with Crippen molar-refractivity contribution >= 4 is 9.84 Å². The van der Waals surface area contributed by atoms with Gasteiger partial charge < -0.3 is 5.32 Å². The zero-order chi connectivity index (χ0) is 14.4. The predicted molar refractivity (Wildman–Crippen MR) is 79.6 cm³/mol. The Morgan fingerprint density at radius 1 is 1.17 bits per heavy atom. The van der Waals surface area contributed by atoms with E-state index in [0.29, 0.717) is 17.6 Å². The van der Waals surface area contributed by atoms with Crippen LogP contribution >= 0.6 is 0 Å². The first kappa shape index (κ1) is 17.9. The van der Waals surface area contributed by atoms with Crippen LogP contribution in [0, 0.1) is 11.8 Å². The summed E-state index contributed by atoms with van der Waals surface area (Å²) in [6, 6.07) is 0. The molecule has 0 saturated carbocycles. The molecule has 3 nitrogen and oxygen atoms in total. The summed E-state index contributed by atoms with van der Waals surface area (Å²) in [6.45, 7) is 13.7. The second kappa shape index (κ2) is 7.49. The van der Waals surface area contributed by atoms with Gasteiger partial charge in [-0.05, 0) is 58.5 Å². The maximum atomic E-state index is 12.1. The molecule has 0 rings (SSSR count). The third-order valence-corrected chi connectivity index (χ3v) is 6.11. The van der Waals surface area contributed by atoms with Crippen LogP contribution in [-0.2, 0) is 9.84 Å². The zero-order valence-electron chi connectivity index (χ0n) is 12.9. The van der Waals surface area contributed by atoms with Crippen LogP contribution in [0.3, 0.4) is 0 Å².